The molecule has 1 fully saturated rings. The van der Waals surface area contributed by atoms with Gasteiger partial charge in [0.1, 0.15) is 10.1 Å². The molecule has 5 rings (SSSR count). The van der Waals surface area contributed by atoms with Gasteiger partial charge in [-0.25, -0.2) is 9.50 Å². The highest BCUT2D eigenvalue weighted by Crippen LogP contribution is 2.44. The van der Waals surface area contributed by atoms with Gasteiger partial charge in [-0.05, 0) is 59.8 Å². The van der Waals surface area contributed by atoms with Gasteiger partial charge in [0.15, 0.2) is 5.82 Å². The van der Waals surface area contributed by atoms with Gasteiger partial charge in [0.05, 0.1) is 11.9 Å². The fraction of sp³-hybridized carbons (Fsp3) is 0.400. The Hall–Kier alpha value is -2.08. The molecule has 0 bridgehead atoms. The van der Waals surface area contributed by atoms with Crippen molar-refractivity contribution in [2.24, 2.45) is 0 Å². The summed E-state index contributed by atoms with van der Waals surface area (Å²) in [4.78, 5) is 9.83. The quantitative estimate of drug-likeness (QED) is 0.609. The van der Waals surface area contributed by atoms with E-state index in [-0.39, 0.29) is 5.54 Å². The Balaban J connectivity index is 1.44. The Bertz CT molecular complexity index is 987. The van der Waals surface area contributed by atoms with Crippen LogP contribution in [0.25, 0.3) is 5.52 Å². The van der Waals surface area contributed by atoms with E-state index in [0.717, 1.165) is 54.0 Å². The predicted molar refractivity (Wildman–Crippen MR) is 108 cm³/mol. The fourth-order valence-corrected chi connectivity index (χ4v) is 5.01. The minimum absolute atomic E-state index is 0.251. The molecule has 1 aromatic carbocycles. The summed E-state index contributed by atoms with van der Waals surface area (Å²) in [6.45, 7) is 4.07. The first kappa shape index (κ1) is 16.1. The summed E-state index contributed by atoms with van der Waals surface area (Å²) in [5.74, 6) is 1.05. The molecular weight excluding hydrogens is 390 g/mol. The zero-order valence-corrected chi connectivity index (χ0v) is 16.7. The maximum Gasteiger partial charge on any atom is 0.155 e. The van der Waals surface area contributed by atoms with Crippen LogP contribution in [-0.2, 0) is 6.42 Å². The van der Waals surface area contributed by atoms with E-state index in [2.05, 4.69) is 68.2 Å². The van der Waals surface area contributed by atoms with Gasteiger partial charge in [-0.2, -0.15) is 5.10 Å². The topological polar surface area (TPSA) is 36.7 Å². The van der Waals surface area contributed by atoms with E-state index in [0.29, 0.717) is 0 Å². The molecule has 2 aliphatic rings. The number of fused-ring (bicyclic) bond motifs is 2. The molecule has 26 heavy (non-hydrogen) atoms. The zero-order chi connectivity index (χ0) is 17.9. The first-order valence-electron chi connectivity index (χ1n) is 9.16. The number of anilines is 2. The van der Waals surface area contributed by atoms with Crippen LogP contribution in [0.5, 0.6) is 0 Å². The third kappa shape index (κ3) is 2.21. The molecule has 6 heteroatoms. The zero-order valence-electron chi connectivity index (χ0n) is 15.1. The lowest BCUT2D eigenvalue weighted by Gasteiger charge is -2.45. The number of aromatic nitrogens is 3. The lowest BCUT2D eigenvalue weighted by atomic mass is 9.84. The minimum Gasteiger partial charge on any atom is -0.368 e. The van der Waals surface area contributed by atoms with E-state index in [4.69, 9.17) is 4.98 Å². The lowest BCUT2D eigenvalue weighted by molar-refractivity contribution is 0.332. The summed E-state index contributed by atoms with van der Waals surface area (Å²) in [5.41, 5.74) is 5.18. The van der Waals surface area contributed by atoms with E-state index in [1.807, 2.05) is 17.6 Å². The smallest absolute Gasteiger partial charge is 0.155 e. The average Bonchev–Trinajstić information content (AvgIpc) is 3.24. The lowest BCUT2D eigenvalue weighted by Crippen LogP contribution is -2.53. The molecule has 1 saturated heterocycles. The Kier molecular flexibility index (Phi) is 3.54. The number of benzene rings is 1. The highest BCUT2D eigenvalue weighted by Gasteiger charge is 2.44. The number of halogens is 1. The van der Waals surface area contributed by atoms with Crippen LogP contribution in [0.1, 0.15) is 24.1 Å². The van der Waals surface area contributed by atoms with Crippen LogP contribution >= 0.6 is 15.9 Å². The standard InChI is InChI=1S/C20H22BrN5/c1-14-18(21)26-17(7-10-22-26)19(23-14)25-11-8-20(9-12-25)13-15-5-3-4-6-16(15)24(20)2/h3-7,10H,8-9,11-13H2,1-2H3. The van der Waals surface area contributed by atoms with Crippen molar-refractivity contribution in [2.45, 2.75) is 31.7 Å². The molecule has 134 valence electrons. The van der Waals surface area contributed by atoms with Gasteiger partial charge in [0.25, 0.3) is 0 Å². The molecule has 0 N–H and O–H groups in total. The number of aryl methyl sites for hydroxylation is 1. The summed E-state index contributed by atoms with van der Waals surface area (Å²) in [6, 6.07) is 10.9. The summed E-state index contributed by atoms with van der Waals surface area (Å²) in [7, 11) is 2.26. The largest absolute Gasteiger partial charge is 0.368 e. The monoisotopic (exact) mass is 411 g/mol. The van der Waals surface area contributed by atoms with Crippen molar-refractivity contribution in [1.29, 1.82) is 0 Å². The van der Waals surface area contributed by atoms with Crippen LogP contribution in [0.15, 0.2) is 41.1 Å². The molecule has 0 amide bonds. The second-order valence-corrected chi connectivity index (χ2v) is 8.27. The number of piperidine rings is 1. The second kappa shape index (κ2) is 5.71. The maximum absolute atomic E-state index is 4.87. The Labute approximate surface area is 161 Å². The third-order valence-electron chi connectivity index (χ3n) is 6.21. The number of rotatable bonds is 1. The van der Waals surface area contributed by atoms with Crippen LogP contribution in [0.4, 0.5) is 11.5 Å². The minimum atomic E-state index is 0.251. The molecule has 0 aliphatic carbocycles. The number of para-hydroxylation sites is 1. The van der Waals surface area contributed by atoms with Crippen molar-refractivity contribution in [2.75, 3.05) is 29.9 Å². The molecule has 4 heterocycles. The van der Waals surface area contributed by atoms with Crippen molar-refractivity contribution in [3.05, 3.63) is 52.4 Å². The maximum atomic E-state index is 4.87. The van der Waals surface area contributed by atoms with Crippen LogP contribution in [0.2, 0.25) is 0 Å². The highest BCUT2D eigenvalue weighted by molar-refractivity contribution is 9.10. The Morgan fingerprint density at radius 1 is 1.12 bits per heavy atom. The Morgan fingerprint density at radius 3 is 2.65 bits per heavy atom. The van der Waals surface area contributed by atoms with Crippen molar-refractivity contribution < 1.29 is 0 Å². The molecular formula is C20H22BrN5. The first-order valence-corrected chi connectivity index (χ1v) is 9.95. The van der Waals surface area contributed by atoms with E-state index in [1.165, 1.54) is 11.3 Å². The molecule has 0 radical (unpaired) electrons. The number of likely N-dealkylation sites (N-methyl/N-ethyl adjacent to an activating group) is 1. The van der Waals surface area contributed by atoms with E-state index in [9.17, 15) is 0 Å². The van der Waals surface area contributed by atoms with Gasteiger partial charge in [0.2, 0.25) is 0 Å². The predicted octanol–water partition coefficient (Wildman–Crippen LogP) is 3.83. The number of hydrogen-bond acceptors (Lipinski definition) is 4. The summed E-state index contributed by atoms with van der Waals surface area (Å²) in [6.07, 6.45) is 5.30. The van der Waals surface area contributed by atoms with Crippen LogP contribution in [0.3, 0.4) is 0 Å². The van der Waals surface area contributed by atoms with Gasteiger partial charge in [-0.3, -0.25) is 0 Å². The SMILES string of the molecule is Cc1nc(N2CCC3(CC2)Cc2ccccc2N3C)c2ccnn2c1Br. The van der Waals surface area contributed by atoms with Gasteiger partial charge < -0.3 is 9.80 Å². The number of nitrogens with zero attached hydrogens (tertiary/aromatic N) is 5. The van der Waals surface area contributed by atoms with Crippen LogP contribution in [0, 0.1) is 6.92 Å². The fourth-order valence-electron chi connectivity index (χ4n) is 4.64. The van der Waals surface area contributed by atoms with Crippen molar-refractivity contribution in [1.82, 2.24) is 14.6 Å². The molecule has 0 saturated carbocycles. The first-order chi connectivity index (χ1) is 12.6. The van der Waals surface area contributed by atoms with Crippen molar-refractivity contribution >= 4 is 33.0 Å². The highest BCUT2D eigenvalue weighted by atomic mass is 79.9. The van der Waals surface area contributed by atoms with E-state index < -0.39 is 0 Å². The van der Waals surface area contributed by atoms with Gasteiger partial charge in [0, 0.05) is 31.4 Å². The van der Waals surface area contributed by atoms with E-state index in [1.54, 1.807) is 0 Å². The van der Waals surface area contributed by atoms with Crippen LogP contribution < -0.4 is 9.80 Å². The normalized spacial score (nSPS) is 18.7. The molecule has 2 aliphatic heterocycles. The molecule has 0 unspecified atom stereocenters. The van der Waals surface area contributed by atoms with Gasteiger partial charge in [-0.1, -0.05) is 18.2 Å². The molecule has 0 atom stereocenters. The van der Waals surface area contributed by atoms with Crippen molar-refractivity contribution in [3.8, 4) is 0 Å². The average molecular weight is 412 g/mol. The molecule has 1 spiro atoms. The van der Waals surface area contributed by atoms with Gasteiger partial charge in [-0.15, -0.1) is 0 Å². The summed E-state index contributed by atoms with van der Waals surface area (Å²) >= 11 is 3.60. The molecule has 3 aromatic rings. The third-order valence-corrected chi connectivity index (χ3v) is 7.12. The van der Waals surface area contributed by atoms with Crippen molar-refractivity contribution in [3.63, 3.8) is 0 Å². The van der Waals surface area contributed by atoms with E-state index >= 15 is 0 Å². The van der Waals surface area contributed by atoms with Crippen LogP contribution in [-0.4, -0.2) is 40.3 Å². The second-order valence-electron chi connectivity index (χ2n) is 7.52. The number of hydrogen-bond donors (Lipinski definition) is 0. The molecule has 5 nitrogen and oxygen atoms in total. The van der Waals surface area contributed by atoms with Gasteiger partial charge >= 0.3 is 0 Å². The summed E-state index contributed by atoms with van der Waals surface area (Å²) in [5, 5.41) is 4.44. The summed E-state index contributed by atoms with van der Waals surface area (Å²) < 4.78 is 2.88. The molecule has 2 aromatic heterocycles. The Morgan fingerprint density at radius 2 is 1.88 bits per heavy atom.